The SMILES string of the molecule is Cc1ccsc1[C@H](O)CNS(=O)(=O)Cc1ccc(F)cc1. The van der Waals surface area contributed by atoms with Gasteiger partial charge in [0.05, 0.1) is 5.75 Å². The first-order valence-corrected chi connectivity index (χ1v) is 8.84. The Labute approximate surface area is 127 Å². The predicted octanol–water partition coefficient (Wildman–Crippen LogP) is 2.35. The maximum atomic E-state index is 12.8. The van der Waals surface area contributed by atoms with E-state index < -0.39 is 21.9 Å². The zero-order valence-corrected chi connectivity index (χ0v) is 13.0. The molecule has 7 heteroatoms. The van der Waals surface area contributed by atoms with Crippen molar-refractivity contribution in [3.8, 4) is 0 Å². The first-order chi connectivity index (χ1) is 9.87. The normalized spacial score (nSPS) is 13.3. The Morgan fingerprint density at radius 1 is 1.29 bits per heavy atom. The third kappa shape index (κ3) is 4.60. The zero-order chi connectivity index (χ0) is 15.5. The van der Waals surface area contributed by atoms with Crippen LogP contribution in [-0.4, -0.2) is 20.1 Å². The van der Waals surface area contributed by atoms with Gasteiger partial charge in [-0.2, -0.15) is 0 Å². The molecule has 1 aromatic carbocycles. The monoisotopic (exact) mass is 329 g/mol. The van der Waals surface area contributed by atoms with Crippen LogP contribution in [-0.2, 0) is 15.8 Å². The second kappa shape index (κ2) is 6.65. The van der Waals surface area contributed by atoms with E-state index in [0.717, 1.165) is 10.4 Å². The summed E-state index contributed by atoms with van der Waals surface area (Å²) in [6.07, 6.45) is -0.868. The van der Waals surface area contributed by atoms with Gasteiger partial charge in [0.15, 0.2) is 0 Å². The number of nitrogens with one attached hydrogen (secondary N) is 1. The first kappa shape index (κ1) is 16.1. The number of sulfonamides is 1. The Hall–Kier alpha value is -1.28. The number of halogens is 1. The number of aliphatic hydroxyl groups excluding tert-OH is 1. The second-order valence-corrected chi connectivity index (χ2v) is 7.47. The summed E-state index contributed by atoms with van der Waals surface area (Å²) in [6, 6.07) is 7.16. The molecule has 0 saturated carbocycles. The molecule has 0 radical (unpaired) electrons. The Morgan fingerprint density at radius 3 is 2.52 bits per heavy atom. The van der Waals surface area contributed by atoms with Crippen molar-refractivity contribution in [1.29, 1.82) is 0 Å². The van der Waals surface area contributed by atoms with Crippen LogP contribution in [0.15, 0.2) is 35.7 Å². The van der Waals surface area contributed by atoms with Crippen LogP contribution in [0.5, 0.6) is 0 Å². The molecule has 0 aliphatic heterocycles. The average molecular weight is 329 g/mol. The van der Waals surface area contributed by atoms with Gasteiger partial charge in [0.1, 0.15) is 11.9 Å². The van der Waals surface area contributed by atoms with Gasteiger partial charge in [-0.15, -0.1) is 11.3 Å². The average Bonchev–Trinajstić information content (AvgIpc) is 2.85. The maximum Gasteiger partial charge on any atom is 0.215 e. The Morgan fingerprint density at radius 2 is 1.95 bits per heavy atom. The van der Waals surface area contributed by atoms with Crippen molar-refractivity contribution in [1.82, 2.24) is 4.72 Å². The molecule has 2 N–H and O–H groups in total. The van der Waals surface area contributed by atoms with Gasteiger partial charge in [-0.1, -0.05) is 12.1 Å². The van der Waals surface area contributed by atoms with Crippen molar-refractivity contribution in [3.05, 3.63) is 57.5 Å². The van der Waals surface area contributed by atoms with Gasteiger partial charge >= 0.3 is 0 Å². The molecular formula is C14H16FNO3S2. The summed E-state index contributed by atoms with van der Waals surface area (Å²) in [5.74, 6) is -0.656. The van der Waals surface area contributed by atoms with E-state index in [-0.39, 0.29) is 12.3 Å². The minimum Gasteiger partial charge on any atom is -0.386 e. The van der Waals surface area contributed by atoms with E-state index in [1.165, 1.54) is 35.6 Å². The Balaban J connectivity index is 1.95. The number of rotatable bonds is 6. The second-order valence-electron chi connectivity index (χ2n) is 4.72. The minimum atomic E-state index is -3.57. The topological polar surface area (TPSA) is 66.4 Å². The summed E-state index contributed by atoms with van der Waals surface area (Å²) in [5.41, 5.74) is 1.43. The lowest BCUT2D eigenvalue weighted by Gasteiger charge is -2.12. The van der Waals surface area contributed by atoms with Crippen LogP contribution in [0, 0.1) is 12.7 Å². The molecule has 1 aromatic heterocycles. The van der Waals surface area contributed by atoms with Crippen LogP contribution in [0.1, 0.15) is 22.1 Å². The molecule has 21 heavy (non-hydrogen) atoms. The van der Waals surface area contributed by atoms with Crippen molar-refractivity contribution >= 4 is 21.4 Å². The molecule has 0 unspecified atom stereocenters. The van der Waals surface area contributed by atoms with Crippen molar-refractivity contribution < 1.29 is 17.9 Å². The van der Waals surface area contributed by atoms with Crippen LogP contribution in [0.2, 0.25) is 0 Å². The van der Waals surface area contributed by atoms with E-state index in [0.29, 0.717) is 5.56 Å². The highest BCUT2D eigenvalue weighted by atomic mass is 32.2. The number of aliphatic hydroxyl groups is 1. The third-order valence-corrected chi connectivity index (χ3v) is 5.41. The number of thiophene rings is 1. The Bertz CT molecular complexity index is 695. The highest BCUT2D eigenvalue weighted by molar-refractivity contribution is 7.88. The van der Waals surface area contributed by atoms with E-state index in [2.05, 4.69) is 4.72 Å². The van der Waals surface area contributed by atoms with Crippen molar-refractivity contribution in [2.24, 2.45) is 0 Å². The fourth-order valence-electron chi connectivity index (χ4n) is 1.88. The number of hydrogen-bond donors (Lipinski definition) is 2. The lowest BCUT2D eigenvalue weighted by atomic mass is 10.2. The van der Waals surface area contributed by atoms with Crippen LogP contribution in [0.4, 0.5) is 4.39 Å². The summed E-state index contributed by atoms with van der Waals surface area (Å²) in [5, 5.41) is 11.8. The molecule has 0 fully saturated rings. The molecule has 2 rings (SSSR count). The molecule has 0 amide bonds. The van der Waals surface area contributed by atoms with Crippen LogP contribution in [0.25, 0.3) is 0 Å². The standard InChI is InChI=1S/C14H16FNO3S2/c1-10-6-7-20-14(10)13(17)8-16-21(18,19)9-11-2-4-12(15)5-3-11/h2-7,13,16-17H,8-9H2,1H3/t13-/m1/s1. The van der Waals surface area contributed by atoms with E-state index in [9.17, 15) is 17.9 Å². The first-order valence-electron chi connectivity index (χ1n) is 6.31. The van der Waals surface area contributed by atoms with Gasteiger partial charge in [-0.05, 0) is 41.6 Å². The molecule has 114 valence electrons. The molecule has 0 bridgehead atoms. The van der Waals surface area contributed by atoms with Crippen molar-refractivity contribution in [2.45, 2.75) is 18.8 Å². The van der Waals surface area contributed by atoms with Crippen molar-refractivity contribution in [3.63, 3.8) is 0 Å². The van der Waals surface area contributed by atoms with Gasteiger partial charge in [0.25, 0.3) is 0 Å². The van der Waals surface area contributed by atoms with Gasteiger partial charge < -0.3 is 5.11 Å². The summed E-state index contributed by atoms with van der Waals surface area (Å²) in [7, 11) is -3.57. The third-order valence-electron chi connectivity index (χ3n) is 2.97. The molecule has 0 spiro atoms. The molecule has 0 saturated heterocycles. The quantitative estimate of drug-likeness (QED) is 0.855. The molecule has 4 nitrogen and oxygen atoms in total. The molecule has 0 aliphatic rings. The van der Waals surface area contributed by atoms with E-state index in [1.807, 2.05) is 18.4 Å². The van der Waals surface area contributed by atoms with Crippen LogP contribution < -0.4 is 4.72 Å². The predicted molar refractivity (Wildman–Crippen MR) is 81.0 cm³/mol. The van der Waals surface area contributed by atoms with E-state index in [1.54, 1.807) is 0 Å². The van der Waals surface area contributed by atoms with Gasteiger partial charge in [0.2, 0.25) is 10.0 Å². The largest absolute Gasteiger partial charge is 0.386 e. The fourth-order valence-corrected chi connectivity index (χ4v) is 3.93. The highest BCUT2D eigenvalue weighted by Crippen LogP contribution is 2.23. The van der Waals surface area contributed by atoms with E-state index >= 15 is 0 Å². The highest BCUT2D eigenvalue weighted by Gasteiger charge is 2.17. The summed E-state index contributed by atoms with van der Waals surface area (Å²) in [6.45, 7) is 1.78. The van der Waals surface area contributed by atoms with Crippen molar-refractivity contribution in [2.75, 3.05) is 6.54 Å². The molecule has 2 aromatic rings. The maximum absolute atomic E-state index is 12.8. The van der Waals surface area contributed by atoms with Gasteiger partial charge in [-0.3, -0.25) is 0 Å². The molecule has 1 atom stereocenters. The number of aryl methyl sites for hydroxylation is 1. The summed E-state index contributed by atoms with van der Waals surface area (Å²) < 4.78 is 39.0. The lowest BCUT2D eigenvalue weighted by Crippen LogP contribution is -2.29. The van der Waals surface area contributed by atoms with Crippen LogP contribution >= 0.6 is 11.3 Å². The summed E-state index contributed by atoms with van der Waals surface area (Å²) in [4.78, 5) is 0.750. The molecular weight excluding hydrogens is 313 g/mol. The number of benzene rings is 1. The Kier molecular flexibility index (Phi) is 5.10. The molecule has 0 aliphatic carbocycles. The summed E-state index contributed by atoms with van der Waals surface area (Å²) >= 11 is 1.39. The lowest BCUT2D eigenvalue weighted by molar-refractivity contribution is 0.185. The van der Waals surface area contributed by atoms with Gasteiger partial charge in [-0.25, -0.2) is 17.5 Å². The molecule has 1 heterocycles. The van der Waals surface area contributed by atoms with Gasteiger partial charge in [0, 0.05) is 11.4 Å². The number of hydrogen-bond acceptors (Lipinski definition) is 4. The van der Waals surface area contributed by atoms with E-state index in [4.69, 9.17) is 0 Å². The van der Waals surface area contributed by atoms with Crippen LogP contribution in [0.3, 0.4) is 0 Å². The smallest absolute Gasteiger partial charge is 0.215 e. The minimum absolute atomic E-state index is 0.0785. The zero-order valence-electron chi connectivity index (χ0n) is 11.4. The fraction of sp³-hybridized carbons (Fsp3) is 0.286.